The van der Waals surface area contributed by atoms with Crippen molar-refractivity contribution < 1.29 is 14.3 Å². The predicted octanol–water partition coefficient (Wildman–Crippen LogP) is 5.43. The Kier molecular flexibility index (Phi) is 5.37. The Morgan fingerprint density at radius 1 is 1.03 bits per heavy atom. The van der Waals surface area contributed by atoms with Gasteiger partial charge in [-0.2, -0.15) is 5.26 Å². The molecule has 0 bridgehead atoms. The number of carbonyl (C=O) groups excluding carboxylic acids is 1. The van der Waals surface area contributed by atoms with Crippen LogP contribution in [-0.4, -0.2) is 5.97 Å². The van der Waals surface area contributed by atoms with Gasteiger partial charge in [0.25, 0.3) is 0 Å². The van der Waals surface area contributed by atoms with E-state index in [1.165, 1.54) is 6.07 Å². The Labute approximate surface area is 182 Å². The largest absolute Gasteiger partial charge is 0.440 e. The van der Waals surface area contributed by atoms with E-state index in [2.05, 4.69) is 6.07 Å². The molecule has 30 heavy (non-hydrogen) atoms. The number of hydrogen-bond acceptors (Lipinski definition) is 5. The van der Waals surface area contributed by atoms with Gasteiger partial charge in [0.2, 0.25) is 5.88 Å². The number of benzene rings is 3. The summed E-state index contributed by atoms with van der Waals surface area (Å²) in [4.78, 5) is 12.4. The first-order valence-corrected chi connectivity index (χ1v) is 9.67. The van der Waals surface area contributed by atoms with E-state index in [0.29, 0.717) is 26.9 Å². The van der Waals surface area contributed by atoms with Crippen LogP contribution in [0.3, 0.4) is 0 Å². The maximum atomic E-state index is 12.4. The molecule has 1 aliphatic heterocycles. The van der Waals surface area contributed by atoms with Crippen molar-refractivity contribution in [2.24, 2.45) is 5.73 Å². The molecule has 148 valence electrons. The van der Waals surface area contributed by atoms with Gasteiger partial charge >= 0.3 is 5.97 Å². The minimum Gasteiger partial charge on any atom is -0.440 e. The quantitative estimate of drug-likeness (QED) is 0.436. The van der Waals surface area contributed by atoms with Crippen molar-refractivity contribution in [3.63, 3.8) is 0 Å². The van der Waals surface area contributed by atoms with Crippen LogP contribution in [0.4, 0.5) is 0 Å². The highest BCUT2D eigenvalue weighted by Crippen LogP contribution is 2.45. The molecule has 2 N–H and O–H groups in total. The van der Waals surface area contributed by atoms with E-state index in [-0.39, 0.29) is 17.2 Å². The molecule has 7 heteroatoms. The second-order valence-corrected chi connectivity index (χ2v) is 7.39. The van der Waals surface area contributed by atoms with Crippen LogP contribution < -0.4 is 15.2 Å². The SMILES string of the molecule is N#CC1=C(N)Oc2cc(OC(=O)c3cccc(Cl)c3)ccc2C1c1ccccc1Cl. The Morgan fingerprint density at radius 2 is 1.83 bits per heavy atom. The van der Waals surface area contributed by atoms with Crippen molar-refractivity contribution in [1.82, 2.24) is 0 Å². The first-order chi connectivity index (χ1) is 14.5. The third-order valence-electron chi connectivity index (χ3n) is 4.68. The lowest BCUT2D eigenvalue weighted by Crippen LogP contribution is -2.21. The zero-order valence-corrected chi connectivity index (χ0v) is 16.9. The van der Waals surface area contributed by atoms with Gasteiger partial charge in [-0.3, -0.25) is 0 Å². The number of nitrogens with zero attached hydrogens (tertiary/aromatic N) is 1. The van der Waals surface area contributed by atoms with Crippen molar-refractivity contribution >= 4 is 29.2 Å². The third kappa shape index (κ3) is 3.71. The smallest absolute Gasteiger partial charge is 0.343 e. The van der Waals surface area contributed by atoms with E-state index in [9.17, 15) is 10.1 Å². The summed E-state index contributed by atoms with van der Waals surface area (Å²) in [5, 5.41) is 10.6. The van der Waals surface area contributed by atoms with E-state index in [1.54, 1.807) is 42.5 Å². The zero-order valence-electron chi connectivity index (χ0n) is 15.4. The molecule has 1 aliphatic rings. The number of halogens is 2. The lowest BCUT2D eigenvalue weighted by Gasteiger charge is -2.27. The van der Waals surface area contributed by atoms with Crippen LogP contribution in [0.25, 0.3) is 0 Å². The number of nitrogens with two attached hydrogens (primary N) is 1. The highest BCUT2D eigenvalue weighted by Gasteiger charge is 2.32. The molecule has 0 radical (unpaired) electrons. The van der Waals surface area contributed by atoms with Crippen molar-refractivity contribution in [3.05, 3.63) is 105 Å². The number of fused-ring (bicyclic) bond motifs is 1. The summed E-state index contributed by atoms with van der Waals surface area (Å²) >= 11 is 12.3. The molecule has 0 amide bonds. The van der Waals surface area contributed by atoms with Crippen LogP contribution >= 0.6 is 23.2 Å². The summed E-state index contributed by atoms with van der Waals surface area (Å²) in [6.07, 6.45) is 0. The predicted molar refractivity (Wildman–Crippen MR) is 114 cm³/mol. The molecule has 0 saturated heterocycles. The molecule has 3 aromatic carbocycles. The first-order valence-electron chi connectivity index (χ1n) is 8.91. The zero-order chi connectivity index (χ0) is 21.3. The molecule has 0 fully saturated rings. The maximum absolute atomic E-state index is 12.4. The second kappa shape index (κ2) is 8.11. The molecular weight excluding hydrogens is 423 g/mol. The van der Waals surface area contributed by atoms with E-state index in [4.69, 9.17) is 38.4 Å². The molecule has 0 aromatic heterocycles. The van der Waals surface area contributed by atoms with Gasteiger partial charge in [-0.25, -0.2) is 4.79 Å². The van der Waals surface area contributed by atoms with Crippen LogP contribution in [0.2, 0.25) is 10.0 Å². The van der Waals surface area contributed by atoms with Crippen LogP contribution in [0.1, 0.15) is 27.4 Å². The molecular formula is C23H14Cl2N2O3. The molecule has 1 unspecified atom stereocenters. The Balaban J connectivity index is 1.71. The number of rotatable bonds is 3. The van der Waals surface area contributed by atoms with Gasteiger partial charge in [0.05, 0.1) is 11.5 Å². The van der Waals surface area contributed by atoms with Gasteiger partial charge < -0.3 is 15.2 Å². The normalized spacial score (nSPS) is 15.0. The fraction of sp³-hybridized carbons (Fsp3) is 0.0435. The van der Waals surface area contributed by atoms with Gasteiger partial charge in [-0.05, 0) is 35.9 Å². The molecule has 5 nitrogen and oxygen atoms in total. The molecule has 1 atom stereocenters. The monoisotopic (exact) mass is 436 g/mol. The van der Waals surface area contributed by atoms with E-state index < -0.39 is 11.9 Å². The van der Waals surface area contributed by atoms with Crippen molar-refractivity contribution in [3.8, 4) is 17.6 Å². The summed E-state index contributed by atoms with van der Waals surface area (Å²) in [5.41, 5.74) is 8.01. The topological polar surface area (TPSA) is 85.3 Å². The number of carbonyl (C=O) groups is 1. The number of ether oxygens (including phenoxy) is 2. The number of hydrogen-bond donors (Lipinski definition) is 1. The molecule has 4 rings (SSSR count). The molecule has 1 heterocycles. The van der Waals surface area contributed by atoms with Gasteiger partial charge in [0, 0.05) is 21.7 Å². The van der Waals surface area contributed by atoms with Gasteiger partial charge in [-0.15, -0.1) is 0 Å². The van der Waals surface area contributed by atoms with Crippen LogP contribution in [0.5, 0.6) is 11.5 Å². The van der Waals surface area contributed by atoms with Crippen molar-refractivity contribution in [2.45, 2.75) is 5.92 Å². The fourth-order valence-corrected chi connectivity index (χ4v) is 3.74. The first kappa shape index (κ1) is 19.8. The van der Waals surface area contributed by atoms with Gasteiger partial charge in [0.1, 0.15) is 23.1 Å². The second-order valence-electron chi connectivity index (χ2n) is 6.55. The minimum atomic E-state index is -0.558. The summed E-state index contributed by atoms with van der Waals surface area (Å²) in [6, 6.07) is 20.7. The lowest BCUT2D eigenvalue weighted by molar-refractivity contribution is 0.0734. The van der Waals surface area contributed by atoms with Crippen LogP contribution in [0.15, 0.2) is 78.2 Å². The number of esters is 1. The summed E-state index contributed by atoms with van der Waals surface area (Å²) in [7, 11) is 0. The molecule has 0 aliphatic carbocycles. The summed E-state index contributed by atoms with van der Waals surface area (Å²) in [6.45, 7) is 0. The van der Waals surface area contributed by atoms with E-state index in [1.807, 2.05) is 18.2 Å². The van der Waals surface area contributed by atoms with E-state index in [0.717, 1.165) is 5.56 Å². The Hall–Kier alpha value is -3.46. The number of nitriles is 1. The lowest BCUT2D eigenvalue weighted by atomic mass is 9.83. The summed E-state index contributed by atoms with van der Waals surface area (Å²) in [5.74, 6) is -0.423. The Bertz CT molecular complexity index is 1230. The molecule has 3 aromatic rings. The minimum absolute atomic E-state index is 0.0202. The van der Waals surface area contributed by atoms with Crippen LogP contribution in [-0.2, 0) is 0 Å². The Morgan fingerprint density at radius 3 is 2.57 bits per heavy atom. The number of allylic oxidation sites excluding steroid dienone is 1. The van der Waals surface area contributed by atoms with Gasteiger partial charge in [-0.1, -0.05) is 53.5 Å². The van der Waals surface area contributed by atoms with Crippen molar-refractivity contribution in [2.75, 3.05) is 0 Å². The third-order valence-corrected chi connectivity index (χ3v) is 5.26. The van der Waals surface area contributed by atoms with Crippen LogP contribution in [0, 0.1) is 11.3 Å². The maximum Gasteiger partial charge on any atom is 0.343 e. The molecule has 0 spiro atoms. The summed E-state index contributed by atoms with van der Waals surface area (Å²) < 4.78 is 11.1. The highest BCUT2D eigenvalue weighted by atomic mass is 35.5. The van der Waals surface area contributed by atoms with E-state index >= 15 is 0 Å². The van der Waals surface area contributed by atoms with Crippen molar-refractivity contribution in [1.29, 1.82) is 5.26 Å². The standard InChI is InChI=1S/C23H14Cl2N2O3/c24-14-5-3-4-13(10-14)23(28)29-15-8-9-17-20(11-15)30-22(27)18(12-26)21(17)16-6-1-2-7-19(16)25/h1-11,21H,27H2. The fourth-order valence-electron chi connectivity index (χ4n) is 3.31. The van der Waals surface area contributed by atoms with Gasteiger partial charge in [0.15, 0.2) is 0 Å². The average Bonchev–Trinajstić information content (AvgIpc) is 2.73. The highest BCUT2D eigenvalue weighted by molar-refractivity contribution is 6.31. The molecule has 0 saturated carbocycles. The average molecular weight is 437 g/mol.